The van der Waals surface area contributed by atoms with Gasteiger partial charge in [-0.1, -0.05) is 18.2 Å². The maximum absolute atomic E-state index is 12.9. The molecule has 0 fully saturated rings. The van der Waals surface area contributed by atoms with Gasteiger partial charge < -0.3 is 15.2 Å². The zero-order valence-electron chi connectivity index (χ0n) is 14.5. The number of guanidine groups is 1. The normalized spacial score (nSPS) is 11.4. The molecule has 0 unspecified atom stereocenters. The van der Waals surface area contributed by atoms with E-state index in [9.17, 15) is 9.18 Å². The summed E-state index contributed by atoms with van der Waals surface area (Å²) in [5, 5.41) is 6.50. The largest absolute Gasteiger partial charge is 0.356 e. The highest BCUT2D eigenvalue weighted by atomic mass is 19.1. The molecular formula is C19H25FN4O. The van der Waals surface area contributed by atoms with Crippen molar-refractivity contribution < 1.29 is 4.39 Å². The summed E-state index contributed by atoms with van der Waals surface area (Å²) in [6, 6.07) is 11.7. The highest BCUT2D eigenvalue weighted by Crippen LogP contribution is 2.02. The Kier molecular flexibility index (Phi) is 7.69. The van der Waals surface area contributed by atoms with Gasteiger partial charge in [0.15, 0.2) is 5.96 Å². The smallest absolute Gasteiger partial charge is 0.250 e. The molecule has 0 aliphatic carbocycles. The van der Waals surface area contributed by atoms with Crippen LogP contribution >= 0.6 is 0 Å². The van der Waals surface area contributed by atoms with Gasteiger partial charge in [0.2, 0.25) is 5.56 Å². The van der Waals surface area contributed by atoms with Crippen LogP contribution in [0.4, 0.5) is 4.39 Å². The molecule has 0 aliphatic rings. The summed E-state index contributed by atoms with van der Waals surface area (Å²) in [6.07, 6.45) is 4.48. The van der Waals surface area contributed by atoms with E-state index in [1.165, 1.54) is 12.1 Å². The average molecular weight is 344 g/mol. The number of nitrogens with one attached hydrogen (secondary N) is 2. The minimum Gasteiger partial charge on any atom is -0.356 e. The van der Waals surface area contributed by atoms with Crippen molar-refractivity contribution in [3.63, 3.8) is 0 Å². The third-order valence-corrected chi connectivity index (χ3v) is 3.86. The third-order valence-electron chi connectivity index (χ3n) is 3.86. The highest BCUT2D eigenvalue weighted by molar-refractivity contribution is 5.79. The Morgan fingerprint density at radius 3 is 2.56 bits per heavy atom. The monoisotopic (exact) mass is 344 g/mol. The second-order valence-corrected chi connectivity index (χ2v) is 5.74. The van der Waals surface area contributed by atoms with Crippen molar-refractivity contribution in [2.45, 2.75) is 25.8 Å². The Hall–Kier alpha value is -2.63. The molecule has 2 N–H and O–H groups in total. The molecule has 0 bridgehead atoms. The Labute approximate surface area is 147 Å². The van der Waals surface area contributed by atoms with E-state index in [2.05, 4.69) is 15.6 Å². The predicted octanol–water partition coefficient (Wildman–Crippen LogP) is 2.18. The number of unbranched alkanes of at least 4 members (excludes halogenated alkanes) is 1. The van der Waals surface area contributed by atoms with Crippen molar-refractivity contribution >= 4 is 5.96 Å². The summed E-state index contributed by atoms with van der Waals surface area (Å²) in [4.78, 5) is 15.8. The van der Waals surface area contributed by atoms with Crippen LogP contribution in [0.25, 0.3) is 0 Å². The first-order chi connectivity index (χ1) is 12.2. The molecule has 0 aliphatic heterocycles. The summed E-state index contributed by atoms with van der Waals surface area (Å²) in [7, 11) is 1.73. The second-order valence-electron chi connectivity index (χ2n) is 5.74. The van der Waals surface area contributed by atoms with Gasteiger partial charge >= 0.3 is 0 Å². The summed E-state index contributed by atoms with van der Waals surface area (Å²) in [5.74, 6) is 0.533. The molecule has 2 rings (SSSR count). The van der Waals surface area contributed by atoms with Crippen LogP contribution in [0, 0.1) is 5.82 Å². The van der Waals surface area contributed by atoms with Gasteiger partial charge in [0.1, 0.15) is 5.82 Å². The number of halogens is 1. The predicted molar refractivity (Wildman–Crippen MR) is 99.4 cm³/mol. The minimum atomic E-state index is -0.216. The SMILES string of the molecule is CN=C(NCCCCn1ccccc1=O)NCCc1ccc(F)cc1. The quantitative estimate of drug-likeness (QED) is 0.438. The van der Waals surface area contributed by atoms with Crippen LogP contribution in [0.15, 0.2) is 58.4 Å². The van der Waals surface area contributed by atoms with Gasteiger partial charge in [-0.05, 0) is 43.0 Å². The molecule has 25 heavy (non-hydrogen) atoms. The summed E-state index contributed by atoms with van der Waals surface area (Å²) in [6.45, 7) is 2.24. The maximum atomic E-state index is 12.9. The van der Waals surface area contributed by atoms with Gasteiger partial charge in [0.05, 0.1) is 0 Å². The van der Waals surface area contributed by atoms with Gasteiger partial charge in [-0.25, -0.2) is 4.39 Å². The number of hydrogen-bond donors (Lipinski definition) is 2. The number of rotatable bonds is 8. The molecule has 0 saturated heterocycles. The van der Waals surface area contributed by atoms with Crippen molar-refractivity contribution in [2.75, 3.05) is 20.1 Å². The van der Waals surface area contributed by atoms with E-state index in [0.29, 0.717) is 0 Å². The summed E-state index contributed by atoms with van der Waals surface area (Å²) < 4.78 is 14.6. The van der Waals surface area contributed by atoms with Crippen molar-refractivity contribution in [1.82, 2.24) is 15.2 Å². The van der Waals surface area contributed by atoms with Crippen molar-refractivity contribution in [1.29, 1.82) is 0 Å². The Bertz CT molecular complexity index is 725. The van der Waals surface area contributed by atoms with E-state index in [0.717, 1.165) is 50.4 Å². The third kappa shape index (κ3) is 6.79. The van der Waals surface area contributed by atoms with Crippen molar-refractivity contribution in [2.24, 2.45) is 4.99 Å². The minimum absolute atomic E-state index is 0.0359. The molecule has 1 heterocycles. The molecule has 0 radical (unpaired) electrons. The summed E-state index contributed by atoms with van der Waals surface area (Å²) >= 11 is 0. The first-order valence-corrected chi connectivity index (χ1v) is 8.53. The number of aryl methyl sites for hydroxylation is 1. The first-order valence-electron chi connectivity index (χ1n) is 8.53. The van der Waals surface area contributed by atoms with Crippen LogP contribution < -0.4 is 16.2 Å². The lowest BCUT2D eigenvalue weighted by atomic mass is 10.1. The number of hydrogen-bond acceptors (Lipinski definition) is 2. The van der Waals surface area contributed by atoms with E-state index in [1.54, 1.807) is 35.9 Å². The topological polar surface area (TPSA) is 58.4 Å². The fraction of sp³-hybridized carbons (Fsp3) is 0.368. The van der Waals surface area contributed by atoms with Gasteiger partial charge in [-0.2, -0.15) is 0 Å². The first kappa shape index (κ1) is 18.7. The van der Waals surface area contributed by atoms with Crippen LogP contribution in [0.1, 0.15) is 18.4 Å². The molecule has 0 spiro atoms. The van der Waals surface area contributed by atoms with E-state index in [1.807, 2.05) is 12.3 Å². The van der Waals surface area contributed by atoms with E-state index in [4.69, 9.17) is 0 Å². The second kappa shape index (κ2) is 10.3. The molecule has 0 amide bonds. The van der Waals surface area contributed by atoms with Gasteiger partial charge in [-0.15, -0.1) is 0 Å². The molecule has 1 aromatic carbocycles. The standard InChI is InChI=1S/C19H25FN4O/c1-21-19(23-13-11-16-7-9-17(20)10-8-16)22-12-3-5-15-24-14-4-2-6-18(24)25/h2,4,6-10,14H,3,5,11-13,15H2,1H3,(H2,21,22,23). The van der Waals surface area contributed by atoms with Gasteiger partial charge in [-0.3, -0.25) is 9.79 Å². The fourth-order valence-corrected chi connectivity index (χ4v) is 2.46. The Morgan fingerprint density at radius 2 is 1.84 bits per heavy atom. The Morgan fingerprint density at radius 1 is 1.08 bits per heavy atom. The lowest BCUT2D eigenvalue weighted by molar-refractivity contribution is 0.585. The molecular weight excluding hydrogens is 319 g/mol. The van der Waals surface area contributed by atoms with Crippen LogP contribution in [0.3, 0.4) is 0 Å². The maximum Gasteiger partial charge on any atom is 0.250 e. The summed E-state index contributed by atoms with van der Waals surface area (Å²) in [5.41, 5.74) is 1.12. The van der Waals surface area contributed by atoms with Crippen LogP contribution in [-0.2, 0) is 13.0 Å². The van der Waals surface area contributed by atoms with E-state index < -0.39 is 0 Å². The number of benzene rings is 1. The lowest BCUT2D eigenvalue weighted by Crippen LogP contribution is -2.38. The fourth-order valence-electron chi connectivity index (χ4n) is 2.46. The van der Waals surface area contributed by atoms with E-state index in [-0.39, 0.29) is 11.4 Å². The molecule has 0 saturated carbocycles. The van der Waals surface area contributed by atoms with Gasteiger partial charge in [0, 0.05) is 38.9 Å². The van der Waals surface area contributed by atoms with Crippen LogP contribution in [0.5, 0.6) is 0 Å². The molecule has 0 atom stereocenters. The van der Waals surface area contributed by atoms with Crippen molar-refractivity contribution in [3.05, 3.63) is 70.4 Å². The van der Waals surface area contributed by atoms with Crippen molar-refractivity contribution in [3.8, 4) is 0 Å². The van der Waals surface area contributed by atoms with Crippen LogP contribution in [-0.4, -0.2) is 30.7 Å². The Balaban J connectivity index is 1.61. The average Bonchev–Trinajstić information content (AvgIpc) is 2.63. The molecule has 5 nitrogen and oxygen atoms in total. The molecule has 1 aromatic heterocycles. The number of aromatic nitrogens is 1. The van der Waals surface area contributed by atoms with Gasteiger partial charge in [0.25, 0.3) is 0 Å². The number of aliphatic imine (C=N–C) groups is 1. The molecule has 2 aromatic rings. The highest BCUT2D eigenvalue weighted by Gasteiger charge is 1.99. The zero-order chi connectivity index (χ0) is 17.9. The lowest BCUT2D eigenvalue weighted by Gasteiger charge is -2.12. The zero-order valence-corrected chi connectivity index (χ0v) is 14.5. The van der Waals surface area contributed by atoms with E-state index >= 15 is 0 Å². The number of pyridine rings is 1. The number of nitrogens with zero attached hydrogens (tertiary/aromatic N) is 2. The van der Waals surface area contributed by atoms with Crippen LogP contribution in [0.2, 0.25) is 0 Å². The molecule has 6 heteroatoms. The molecule has 134 valence electrons.